The number of hydrogen-bond acceptors (Lipinski definition) is 4. The van der Waals surface area contributed by atoms with Gasteiger partial charge in [-0.1, -0.05) is 13.8 Å². The van der Waals surface area contributed by atoms with Crippen LogP contribution in [0.5, 0.6) is 0 Å². The van der Waals surface area contributed by atoms with Crippen LogP contribution >= 0.6 is 0 Å². The summed E-state index contributed by atoms with van der Waals surface area (Å²) in [6.07, 6.45) is 3.76. The normalized spacial score (nSPS) is 28.4. The van der Waals surface area contributed by atoms with Crippen molar-refractivity contribution < 1.29 is 14.3 Å². The molecule has 4 nitrogen and oxygen atoms in total. The van der Waals surface area contributed by atoms with E-state index in [-0.39, 0.29) is 12.1 Å². The van der Waals surface area contributed by atoms with Crippen LogP contribution in [0.2, 0.25) is 0 Å². The zero-order chi connectivity index (χ0) is 13.6. The van der Waals surface area contributed by atoms with Crippen molar-refractivity contribution in [3.05, 3.63) is 0 Å². The number of nitrogens with one attached hydrogen (secondary N) is 1. The van der Waals surface area contributed by atoms with E-state index in [1.165, 1.54) is 0 Å². The molecule has 0 aromatic carbocycles. The summed E-state index contributed by atoms with van der Waals surface area (Å²) in [5.74, 6) is 0.392. The number of ether oxygens (including phenoxy) is 2. The Morgan fingerprint density at radius 2 is 2.22 bits per heavy atom. The molecule has 0 amide bonds. The van der Waals surface area contributed by atoms with Gasteiger partial charge in [-0.25, -0.2) is 0 Å². The summed E-state index contributed by atoms with van der Waals surface area (Å²) in [6.45, 7) is 7.31. The molecule has 0 aromatic rings. The summed E-state index contributed by atoms with van der Waals surface area (Å²) in [7, 11) is 1.84. The Labute approximate surface area is 110 Å². The molecule has 1 N–H and O–H groups in total. The van der Waals surface area contributed by atoms with E-state index in [9.17, 15) is 4.79 Å². The van der Waals surface area contributed by atoms with Gasteiger partial charge in [0.2, 0.25) is 0 Å². The van der Waals surface area contributed by atoms with Crippen LogP contribution in [0.1, 0.15) is 46.5 Å². The second-order valence-electron chi connectivity index (χ2n) is 5.50. The second kappa shape index (κ2) is 7.10. The first-order valence-corrected chi connectivity index (χ1v) is 7.01. The summed E-state index contributed by atoms with van der Waals surface area (Å²) < 4.78 is 11.1. The molecule has 0 radical (unpaired) electrons. The highest BCUT2D eigenvalue weighted by Gasteiger charge is 2.43. The van der Waals surface area contributed by atoms with Gasteiger partial charge < -0.3 is 14.8 Å². The van der Waals surface area contributed by atoms with E-state index in [4.69, 9.17) is 9.47 Å². The molecule has 0 bridgehead atoms. The van der Waals surface area contributed by atoms with Crippen LogP contribution in [-0.2, 0) is 14.3 Å². The number of carbonyl (C=O) groups is 1. The minimum absolute atomic E-state index is 0.134. The summed E-state index contributed by atoms with van der Waals surface area (Å²) in [6, 6.07) is 0. The average molecular weight is 257 g/mol. The quantitative estimate of drug-likeness (QED) is 0.740. The van der Waals surface area contributed by atoms with E-state index in [2.05, 4.69) is 19.2 Å². The summed E-state index contributed by atoms with van der Waals surface area (Å²) in [5.41, 5.74) is -0.546. The Bertz CT molecular complexity index is 268. The molecule has 0 heterocycles. The minimum Gasteiger partial charge on any atom is -0.465 e. The molecule has 1 rings (SSSR count). The van der Waals surface area contributed by atoms with E-state index < -0.39 is 5.54 Å². The Morgan fingerprint density at radius 3 is 2.78 bits per heavy atom. The maximum absolute atomic E-state index is 12.1. The monoisotopic (exact) mass is 257 g/mol. The van der Waals surface area contributed by atoms with Crippen LogP contribution in [0.15, 0.2) is 0 Å². The van der Waals surface area contributed by atoms with Crippen molar-refractivity contribution in [1.82, 2.24) is 5.32 Å². The van der Waals surface area contributed by atoms with E-state index in [1.54, 1.807) is 0 Å². The zero-order valence-electron chi connectivity index (χ0n) is 12.1. The second-order valence-corrected chi connectivity index (χ2v) is 5.50. The molecule has 1 fully saturated rings. The topological polar surface area (TPSA) is 47.6 Å². The first-order chi connectivity index (χ1) is 8.54. The van der Waals surface area contributed by atoms with Crippen molar-refractivity contribution in [3.63, 3.8) is 0 Å². The first kappa shape index (κ1) is 15.4. The van der Waals surface area contributed by atoms with Crippen LogP contribution in [0.4, 0.5) is 0 Å². The largest absolute Gasteiger partial charge is 0.465 e. The first-order valence-electron chi connectivity index (χ1n) is 7.01. The van der Waals surface area contributed by atoms with Crippen LogP contribution in [0, 0.1) is 5.92 Å². The van der Waals surface area contributed by atoms with Gasteiger partial charge in [0.1, 0.15) is 5.54 Å². The number of rotatable bonds is 6. The molecule has 1 aliphatic rings. The smallest absolute Gasteiger partial charge is 0.326 e. The Balaban J connectivity index is 2.60. The molecule has 106 valence electrons. The van der Waals surface area contributed by atoms with Crippen LogP contribution in [0.25, 0.3) is 0 Å². The Kier molecular flexibility index (Phi) is 6.09. The molecule has 0 spiro atoms. The fourth-order valence-corrected chi connectivity index (χ4v) is 2.48. The van der Waals surface area contributed by atoms with Gasteiger partial charge in [-0.15, -0.1) is 0 Å². The number of hydrogen-bond donors (Lipinski definition) is 1. The number of likely N-dealkylation sites (N-methyl/N-ethyl adjacent to an activating group) is 1. The standard InChI is InChI=1S/C14H27NO3/c1-5-17-13(16)14(15-4)8-6-7-12(9-14)18-10-11(2)3/h11-12,15H,5-10H2,1-4H3. The van der Waals surface area contributed by atoms with E-state index in [0.717, 1.165) is 32.3 Å². The molecule has 2 unspecified atom stereocenters. The van der Waals surface area contributed by atoms with Gasteiger partial charge >= 0.3 is 5.97 Å². The lowest BCUT2D eigenvalue weighted by molar-refractivity contribution is -0.155. The third-order valence-corrected chi connectivity index (χ3v) is 3.52. The Hall–Kier alpha value is -0.610. The molecule has 18 heavy (non-hydrogen) atoms. The highest BCUT2D eigenvalue weighted by Crippen LogP contribution is 2.31. The molecule has 2 atom stereocenters. The lowest BCUT2D eigenvalue weighted by atomic mass is 9.80. The lowest BCUT2D eigenvalue weighted by Gasteiger charge is -2.38. The lowest BCUT2D eigenvalue weighted by Crippen LogP contribution is -2.55. The third-order valence-electron chi connectivity index (χ3n) is 3.52. The maximum Gasteiger partial charge on any atom is 0.326 e. The summed E-state index contributed by atoms with van der Waals surface area (Å²) in [4.78, 5) is 12.1. The predicted octanol–water partition coefficient (Wildman–Crippen LogP) is 2.12. The fraction of sp³-hybridized carbons (Fsp3) is 0.929. The Morgan fingerprint density at radius 1 is 1.50 bits per heavy atom. The van der Waals surface area contributed by atoms with E-state index in [0.29, 0.717) is 12.5 Å². The van der Waals surface area contributed by atoms with Crippen molar-refractivity contribution in [3.8, 4) is 0 Å². The molecule has 0 saturated heterocycles. The third kappa shape index (κ3) is 3.95. The predicted molar refractivity (Wildman–Crippen MR) is 71.5 cm³/mol. The molecular formula is C14H27NO3. The van der Waals surface area contributed by atoms with Crippen molar-refractivity contribution in [1.29, 1.82) is 0 Å². The van der Waals surface area contributed by atoms with Crippen LogP contribution in [0.3, 0.4) is 0 Å². The highest BCUT2D eigenvalue weighted by atomic mass is 16.5. The average Bonchev–Trinajstić information content (AvgIpc) is 2.36. The molecule has 0 aliphatic heterocycles. The van der Waals surface area contributed by atoms with Crippen molar-refractivity contribution >= 4 is 5.97 Å². The maximum atomic E-state index is 12.1. The van der Waals surface area contributed by atoms with Gasteiger partial charge in [0.15, 0.2) is 0 Å². The van der Waals surface area contributed by atoms with Crippen molar-refractivity contribution in [2.24, 2.45) is 5.92 Å². The number of esters is 1. The van der Waals surface area contributed by atoms with Gasteiger partial charge in [0.05, 0.1) is 12.7 Å². The molecule has 1 aliphatic carbocycles. The minimum atomic E-state index is -0.546. The van der Waals surface area contributed by atoms with Crippen LogP contribution < -0.4 is 5.32 Å². The van der Waals surface area contributed by atoms with E-state index >= 15 is 0 Å². The van der Waals surface area contributed by atoms with Gasteiger partial charge in [-0.05, 0) is 39.2 Å². The van der Waals surface area contributed by atoms with Gasteiger partial charge in [-0.3, -0.25) is 4.79 Å². The van der Waals surface area contributed by atoms with Gasteiger partial charge in [0, 0.05) is 13.0 Å². The van der Waals surface area contributed by atoms with Gasteiger partial charge in [0.25, 0.3) is 0 Å². The van der Waals surface area contributed by atoms with E-state index in [1.807, 2.05) is 14.0 Å². The summed E-state index contributed by atoms with van der Waals surface area (Å²) in [5, 5.41) is 3.17. The zero-order valence-corrected chi connectivity index (χ0v) is 12.1. The number of carbonyl (C=O) groups excluding carboxylic acids is 1. The molecular weight excluding hydrogens is 230 g/mol. The molecule has 1 saturated carbocycles. The SMILES string of the molecule is CCOC(=O)C1(NC)CCCC(OCC(C)C)C1. The van der Waals surface area contributed by atoms with Crippen molar-refractivity contribution in [2.75, 3.05) is 20.3 Å². The molecule has 4 heteroatoms. The van der Waals surface area contributed by atoms with Gasteiger partial charge in [-0.2, -0.15) is 0 Å². The molecule has 0 aromatic heterocycles. The fourth-order valence-electron chi connectivity index (χ4n) is 2.48. The highest BCUT2D eigenvalue weighted by molar-refractivity contribution is 5.81. The van der Waals surface area contributed by atoms with Crippen LogP contribution in [-0.4, -0.2) is 37.9 Å². The van der Waals surface area contributed by atoms with Crippen molar-refractivity contribution in [2.45, 2.75) is 58.1 Å². The summed E-state index contributed by atoms with van der Waals surface area (Å²) >= 11 is 0.